The summed E-state index contributed by atoms with van der Waals surface area (Å²) in [5, 5.41) is 22.4. The maximum absolute atomic E-state index is 14.5. The Hall–Kier alpha value is -2.64. The number of halogens is 3. The number of benzene rings is 2. The highest BCUT2D eigenvalue weighted by Crippen LogP contribution is 2.37. The number of carboxylic acids is 1. The van der Waals surface area contributed by atoms with Crippen LogP contribution in [0.5, 0.6) is 5.75 Å². The van der Waals surface area contributed by atoms with Gasteiger partial charge in [0.15, 0.2) is 0 Å². The van der Waals surface area contributed by atoms with Crippen LogP contribution < -0.4 is 5.32 Å². The van der Waals surface area contributed by atoms with Gasteiger partial charge in [0.05, 0.1) is 10.7 Å². The van der Waals surface area contributed by atoms with Crippen molar-refractivity contribution < 1.29 is 19.4 Å². The first kappa shape index (κ1) is 21.1. The van der Waals surface area contributed by atoms with Crippen LogP contribution in [0.3, 0.4) is 0 Å². The number of pyridine rings is 1. The largest absolute Gasteiger partial charge is 0.507 e. The van der Waals surface area contributed by atoms with E-state index in [0.717, 1.165) is 4.47 Å². The Morgan fingerprint density at radius 3 is 2.72 bits per heavy atom. The third-order valence-electron chi connectivity index (χ3n) is 4.18. The van der Waals surface area contributed by atoms with Gasteiger partial charge in [-0.3, -0.25) is 4.79 Å². The van der Waals surface area contributed by atoms with Crippen LogP contribution >= 0.6 is 27.5 Å². The third kappa shape index (κ3) is 5.25. The minimum atomic E-state index is -0.883. The minimum absolute atomic E-state index is 0.0190. The van der Waals surface area contributed by atoms with Crippen molar-refractivity contribution in [3.63, 3.8) is 0 Å². The van der Waals surface area contributed by atoms with Gasteiger partial charge in [-0.05, 0) is 54.4 Å². The first-order valence-electron chi connectivity index (χ1n) is 8.76. The van der Waals surface area contributed by atoms with Gasteiger partial charge in [-0.1, -0.05) is 33.6 Å². The van der Waals surface area contributed by atoms with Crippen molar-refractivity contribution in [3.8, 4) is 28.1 Å². The number of hydrogen-bond acceptors (Lipinski definition) is 4. The summed E-state index contributed by atoms with van der Waals surface area (Å²) in [6.07, 6.45) is 0.421. The Labute approximate surface area is 180 Å². The number of rotatable bonds is 7. The molecule has 150 valence electrons. The number of hydrogen-bond donors (Lipinski definition) is 3. The number of phenols is 1. The zero-order valence-electron chi connectivity index (χ0n) is 15.1. The average molecular weight is 480 g/mol. The molecule has 8 heteroatoms. The van der Waals surface area contributed by atoms with E-state index in [1.54, 1.807) is 30.3 Å². The van der Waals surface area contributed by atoms with Gasteiger partial charge in [-0.15, -0.1) is 0 Å². The first-order valence-corrected chi connectivity index (χ1v) is 9.93. The number of aliphatic carboxylic acids is 1. The molecule has 0 unspecified atom stereocenters. The quantitative estimate of drug-likeness (QED) is 0.365. The zero-order chi connectivity index (χ0) is 21.0. The maximum Gasteiger partial charge on any atom is 0.303 e. The van der Waals surface area contributed by atoms with Crippen molar-refractivity contribution >= 4 is 39.3 Å². The van der Waals surface area contributed by atoms with E-state index in [2.05, 4.69) is 26.2 Å². The molecule has 0 aliphatic carbocycles. The van der Waals surface area contributed by atoms with Crippen LogP contribution in [0.2, 0.25) is 5.02 Å². The number of phenolic OH excluding ortho intramolecular Hbond substituents is 1. The molecule has 2 aromatic carbocycles. The van der Waals surface area contributed by atoms with Gasteiger partial charge in [-0.2, -0.15) is 0 Å². The lowest BCUT2D eigenvalue weighted by molar-refractivity contribution is -0.137. The van der Waals surface area contributed by atoms with Crippen molar-refractivity contribution in [1.82, 2.24) is 4.98 Å². The Bertz CT molecular complexity index is 1040. The summed E-state index contributed by atoms with van der Waals surface area (Å²) >= 11 is 9.60. The van der Waals surface area contributed by atoms with Crippen molar-refractivity contribution in [3.05, 3.63) is 63.8 Å². The van der Waals surface area contributed by atoms with Gasteiger partial charge in [0.1, 0.15) is 17.4 Å². The number of aromatic hydroxyl groups is 1. The number of nitrogens with zero attached hydrogens (tertiary/aromatic N) is 1. The number of nitrogens with one attached hydrogen (secondary N) is 1. The van der Waals surface area contributed by atoms with E-state index in [-0.39, 0.29) is 22.8 Å². The van der Waals surface area contributed by atoms with Gasteiger partial charge < -0.3 is 15.5 Å². The van der Waals surface area contributed by atoms with E-state index in [9.17, 15) is 14.3 Å². The van der Waals surface area contributed by atoms with Crippen LogP contribution in [0.15, 0.2) is 53.0 Å². The molecule has 5 nitrogen and oxygen atoms in total. The molecule has 0 amide bonds. The van der Waals surface area contributed by atoms with Gasteiger partial charge in [-0.25, -0.2) is 9.37 Å². The Morgan fingerprint density at radius 2 is 2.00 bits per heavy atom. The summed E-state index contributed by atoms with van der Waals surface area (Å²) in [5.41, 5.74) is 1.59. The summed E-state index contributed by atoms with van der Waals surface area (Å²) < 4.78 is 15.2. The molecule has 29 heavy (non-hydrogen) atoms. The molecular formula is C21H17BrClFN2O3. The summed E-state index contributed by atoms with van der Waals surface area (Å²) in [7, 11) is 0. The molecule has 0 bridgehead atoms. The van der Waals surface area contributed by atoms with E-state index in [1.165, 1.54) is 18.2 Å². The molecule has 0 fully saturated rings. The molecule has 0 aliphatic rings. The summed E-state index contributed by atoms with van der Waals surface area (Å²) in [4.78, 5) is 15.2. The molecule has 0 aliphatic heterocycles. The molecule has 0 spiro atoms. The molecule has 0 atom stereocenters. The Kier molecular flexibility index (Phi) is 6.71. The van der Waals surface area contributed by atoms with Gasteiger partial charge in [0.2, 0.25) is 0 Å². The fourth-order valence-corrected chi connectivity index (χ4v) is 3.48. The lowest BCUT2D eigenvalue weighted by Crippen LogP contribution is -2.07. The molecule has 3 aromatic rings. The van der Waals surface area contributed by atoms with Crippen molar-refractivity contribution in [2.45, 2.75) is 12.8 Å². The molecule has 0 saturated heterocycles. The van der Waals surface area contributed by atoms with E-state index >= 15 is 0 Å². The summed E-state index contributed by atoms with van der Waals surface area (Å²) in [5.74, 6) is -0.924. The van der Waals surface area contributed by atoms with E-state index in [1.807, 2.05) is 0 Å². The first-order chi connectivity index (χ1) is 13.8. The van der Waals surface area contributed by atoms with Crippen LogP contribution in [0, 0.1) is 5.82 Å². The minimum Gasteiger partial charge on any atom is -0.507 e. The Balaban J connectivity index is 2.07. The number of carboxylic acid groups (broad SMARTS) is 1. The normalized spacial score (nSPS) is 10.7. The SMILES string of the molecule is O=C(O)CCCNc1cc(-c2c(F)cccc2Cl)cc(-c2cc(Br)ccc2O)n1. The highest BCUT2D eigenvalue weighted by Gasteiger charge is 2.15. The highest BCUT2D eigenvalue weighted by atomic mass is 79.9. The second-order valence-electron chi connectivity index (χ2n) is 6.31. The molecule has 0 saturated carbocycles. The fraction of sp³-hybridized carbons (Fsp3) is 0.143. The zero-order valence-corrected chi connectivity index (χ0v) is 17.5. The maximum atomic E-state index is 14.5. The predicted molar refractivity (Wildman–Crippen MR) is 115 cm³/mol. The molecule has 3 N–H and O–H groups in total. The van der Waals surface area contributed by atoms with Crippen molar-refractivity contribution in [2.75, 3.05) is 11.9 Å². The number of anilines is 1. The van der Waals surface area contributed by atoms with Crippen LogP contribution in [0.25, 0.3) is 22.4 Å². The van der Waals surface area contributed by atoms with Crippen LogP contribution in [-0.2, 0) is 4.79 Å². The lowest BCUT2D eigenvalue weighted by atomic mass is 10.0. The highest BCUT2D eigenvalue weighted by molar-refractivity contribution is 9.10. The van der Waals surface area contributed by atoms with Gasteiger partial charge >= 0.3 is 5.97 Å². The van der Waals surface area contributed by atoms with Crippen LogP contribution in [0.1, 0.15) is 12.8 Å². The molecule has 1 aromatic heterocycles. The molecule has 0 radical (unpaired) electrons. The van der Waals surface area contributed by atoms with Crippen LogP contribution in [-0.4, -0.2) is 27.7 Å². The van der Waals surface area contributed by atoms with Gasteiger partial charge in [0.25, 0.3) is 0 Å². The molecule has 1 heterocycles. The lowest BCUT2D eigenvalue weighted by Gasteiger charge is -2.13. The number of carbonyl (C=O) groups is 1. The van der Waals surface area contributed by atoms with Crippen molar-refractivity contribution in [1.29, 1.82) is 0 Å². The van der Waals surface area contributed by atoms with Crippen LogP contribution in [0.4, 0.5) is 10.2 Å². The monoisotopic (exact) mass is 478 g/mol. The van der Waals surface area contributed by atoms with Gasteiger partial charge in [0, 0.05) is 28.6 Å². The van der Waals surface area contributed by atoms with E-state index in [4.69, 9.17) is 16.7 Å². The Morgan fingerprint density at radius 1 is 1.21 bits per heavy atom. The predicted octanol–water partition coefficient (Wildman–Crippen LogP) is 5.95. The van der Waals surface area contributed by atoms with Crippen molar-refractivity contribution in [2.24, 2.45) is 0 Å². The fourth-order valence-electron chi connectivity index (χ4n) is 2.85. The van der Waals surface area contributed by atoms with E-state index in [0.29, 0.717) is 35.6 Å². The molecular weight excluding hydrogens is 463 g/mol. The third-order valence-corrected chi connectivity index (χ3v) is 4.99. The number of aromatic nitrogens is 1. The van der Waals surface area contributed by atoms with E-state index < -0.39 is 11.8 Å². The molecule has 3 rings (SSSR count). The second kappa shape index (κ2) is 9.24. The standard InChI is InChI=1S/C21H17BrClFN2O3/c22-13-6-7-18(27)14(11-13)17-9-12(21-15(23)3-1-4-16(21)24)10-19(26-17)25-8-2-5-20(28)29/h1,3-4,6-7,9-11,27H,2,5,8H2,(H,25,26)(H,28,29). The topological polar surface area (TPSA) is 82.5 Å². The summed E-state index contributed by atoms with van der Waals surface area (Å²) in [6, 6.07) is 12.7. The summed E-state index contributed by atoms with van der Waals surface area (Å²) in [6.45, 7) is 0.373. The average Bonchev–Trinajstić information content (AvgIpc) is 2.67. The smallest absolute Gasteiger partial charge is 0.303 e. The second-order valence-corrected chi connectivity index (χ2v) is 7.63.